The maximum Gasteiger partial charge on any atom is 0.260 e. The first kappa shape index (κ1) is 22.0. The Balaban J connectivity index is 1.45. The number of aryl methyl sites for hydroxylation is 1. The first-order valence-corrected chi connectivity index (χ1v) is 10.8. The minimum Gasteiger partial charge on any atom is -0.469 e. The van der Waals surface area contributed by atoms with Crippen LogP contribution in [0.1, 0.15) is 35.7 Å². The first-order chi connectivity index (χ1) is 14.3. The van der Waals surface area contributed by atoms with Gasteiger partial charge in [-0.1, -0.05) is 0 Å². The van der Waals surface area contributed by atoms with Gasteiger partial charge < -0.3 is 14.6 Å². The van der Waals surface area contributed by atoms with Crippen molar-refractivity contribution in [1.29, 1.82) is 0 Å². The number of aromatic nitrogens is 1. The van der Waals surface area contributed by atoms with Crippen molar-refractivity contribution in [2.75, 3.05) is 38.0 Å². The molecule has 1 aliphatic heterocycles. The number of rotatable bonds is 7. The fourth-order valence-electron chi connectivity index (χ4n) is 3.22. The molecule has 1 saturated heterocycles. The van der Waals surface area contributed by atoms with E-state index in [9.17, 15) is 14.4 Å². The number of carbonyl (C=O) groups excluding carboxylic acids is 3. The van der Waals surface area contributed by atoms with Crippen molar-refractivity contribution in [3.8, 4) is 0 Å². The topological polar surface area (TPSA) is 108 Å². The molecule has 3 heterocycles. The molecule has 0 atom stereocenters. The SMILES string of the molecule is Cc1occc1C(=O)Nc1nc(CC(=O)N2CCN(CC(=O)NC(C)C)CC2)cs1. The zero-order chi connectivity index (χ0) is 21.7. The summed E-state index contributed by atoms with van der Waals surface area (Å²) in [6.45, 7) is 8.44. The molecule has 0 spiro atoms. The molecule has 0 saturated carbocycles. The first-order valence-electron chi connectivity index (χ1n) is 9.91. The Morgan fingerprint density at radius 1 is 1.23 bits per heavy atom. The summed E-state index contributed by atoms with van der Waals surface area (Å²) in [7, 11) is 0. The van der Waals surface area contributed by atoms with Crippen molar-refractivity contribution in [3.63, 3.8) is 0 Å². The Labute approximate surface area is 179 Å². The molecule has 2 aromatic rings. The average molecular weight is 434 g/mol. The lowest BCUT2D eigenvalue weighted by Crippen LogP contribution is -2.51. The smallest absolute Gasteiger partial charge is 0.260 e. The Morgan fingerprint density at radius 2 is 1.97 bits per heavy atom. The number of anilines is 1. The second kappa shape index (κ2) is 9.86. The Hall–Kier alpha value is -2.72. The van der Waals surface area contributed by atoms with Crippen LogP contribution in [0.15, 0.2) is 22.1 Å². The fourth-order valence-corrected chi connectivity index (χ4v) is 3.93. The van der Waals surface area contributed by atoms with Gasteiger partial charge in [0.2, 0.25) is 11.8 Å². The van der Waals surface area contributed by atoms with Crippen LogP contribution in [0, 0.1) is 6.92 Å². The van der Waals surface area contributed by atoms with Crippen LogP contribution >= 0.6 is 11.3 Å². The third-order valence-electron chi connectivity index (χ3n) is 4.75. The Morgan fingerprint density at radius 3 is 2.60 bits per heavy atom. The molecule has 2 aromatic heterocycles. The highest BCUT2D eigenvalue weighted by molar-refractivity contribution is 7.14. The van der Waals surface area contributed by atoms with E-state index in [4.69, 9.17) is 4.42 Å². The number of carbonyl (C=O) groups is 3. The molecule has 0 aliphatic carbocycles. The van der Waals surface area contributed by atoms with Crippen molar-refractivity contribution in [2.45, 2.75) is 33.2 Å². The van der Waals surface area contributed by atoms with Crippen LogP contribution in [-0.4, -0.2) is 71.3 Å². The number of piperazine rings is 1. The van der Waals surface area contributed by atoms with Gasteiger partial charge >= 0.3 is 0 Å². The number of nitrogens with zero attached hydrogens (tertiary/aromatic N) is 3. The molecule has 0 aromatic carbocycles. The molecular weight excluding hydrogens is 406 g/mol. The van der Waals surface area contributed by atoms with Gasteiger partial charge in [-0.05, 0) is 26.8 Å². The fraction of sp³-hybridized carbons (Fsp3) is 0.500. The second-order valence-corrected chi connectivity index (χ2v) is 8.40. The molecule has 10 heteroatoms. The lowest BCUT2D eigenvalue weighted by Gasteiger charge is -2.34. The number of amides is 3. The molecular formula is C20H27N5O4S. The highest BCUT2D eigenvalue weighted by atomic mass is 32.1. The molecule has 9 nitrogen and oxygen atoms in total. The van der Waals surface area contributed by atoms with E-state index >= 15 is 0 Å². The van der Waals surface area contributed by atoms with Gasteiger partial charge in [-0.3, -0.25) is 24.6 Å². The molecule has 0 unspecified atom stereocenters. The third kappa shape index (κ3) is 5.90. The van der Waals surface area contributed by atoms with Gasteiger partial charge in [0.15, 0.2) is 5.13 Å². The lowest BCUT2D eigenvalue weighted by atomic mass is 10.2. The van der Waals surface area contributed by atoms with Gasteiger partial charge in [0, 0.05) is 37.6 Å². The quantitative estimate of drug-likeness (QED) is 0.685. The van der Waals surface area contributed by atoms with E-state index in [1.165, 1.54) is 17.6 Å². The van der Waals surface area contributed by atoms with E-state index in [1.807, 2.05) is 13.8 Å². The lowest BCUT2D eigenvalue weighted by molar-refractivity contribution is -0.132. The highest BCUT2D eigenvalue weighted by Gasteiger charge is 2.23. The summed E-state index contributed by atoms with van der Waals surface area (Å²) in [5.74, 6) is 0.258. The number of nitrogens with one attached hydrogen (secondary N) is 2. The zero-order valence-electron chi connectivity index (χ0n) is 17.4. The molecule has 0 bridgehead atoms. The van der Waals surface area contributed by atoms with E-state index in [-0.39, 0.29) is 30.2 Å². The predicted octanol–water partition coefficient (Wildman–Crippen LogP) is 1.51. The Kier molecular flexibility index (Phi) is 7.22. The molecule has 30 heavy (non-hydrogen) atoms. The van der Waals surface area contributed by atoms with Gasteiger partial charge in [0.1, 0.15) is 5.76 Å². The van der Waals surface area contributed by atoms with E-state index < -0.39 is 0 Å². The van der Waals surface area contributed by atoms with Crippen LogP contribution in [0.5, 0.6) is 0 Å². The molecule has 2 N–H and O–H groups in total. The van der Waals surface area contributed by atoms with Crippen LogP contribution in [0.3, 0.4) is 0 Å². The summed E-state index contributed by atoms with van der Waals surface area (Å²) in [6.07, 6.45) is 1.65. The highest BCUT2D eigenvalue weighted by Crippen LogP contribution is 2.19. The summed E-state index contributed by atoms with van der Waals surface area (Å²) in [6, 6.07) is 1.73. The average Bonchev–Trinajstić information content (AvgIpc) is 3.30. The van der Waals surface area contributed by atoms with Crippen molar-refractivity contribution in [1.82, 2.24) is 20.1 Å². The number of hydrogen-bond acceptors (Lipinski definition) is 7. The van der Waals surface area contributed by atoms with Gasteiger partial charge in [-0.15, -0.1) is 11.3 Å². The summed E-state index contributed by atoms with van der Waals surface area (Å²) in [5, 5.41) is 7.84. The van der Waals surface area contributed by atoms with Gasteiger partial charge in [-0.25, -0.2) is 4.98 Å². The zero-order valence-corrected chi connectivity index (χ0v) is 18.3. The van der Waals surface area contributed by atoms with Crippen molar-refractivity contribution < 1.29 is 18.8 Å². The van der Waals surface area contributed by atoms with Crippen LogP contribution in [0.2, 0.25) is 0 Å². The maximum absolute atomic E-state index is 12.6. The number of thiazole rings is 1. The van der Waals surface area contributed by atoms with Crippen molar-refractivity contribution in [2.24, 2.45) is 0 Å². The molecule has 162 valence electrons. The third-order valence-corrected chi connectivity index (χ3v) is 5.56. The van der Waals surface area contributed by atoms with Crippen LogP contribution in [-0.2, 0) is 16.0 Å². The van der Waals surface area contributed by atoms with Gasteiger partial charge in [0.05, 0.1) is 30.5 Å². The van der Waals surface area contributed by atoms with Crippen LogP contribution in [0.25, 0.3) is 0 Å². The van der Waals surface area contributed by atoms with E-state index in [2.05, 4.69) is 20.5 Å². The second-order valence-electron chi connectivity index (χ2n) is 7.54. The van der Waals surface area contributed by atoms with Gasteiger partial charge in [-0.2, -0.15) is 0 Å². The molecule has 3 amide bonds. The van der Waals surface area contributed by atoms with Gasteiger partial charge in [0.25, 0.3) is 5.91 Å². The van der Waals surface area contributed by atoms with E-state index in [0.717, 1.165) is 0 Å². The van der Waals surface area contributed by atoms with Crippen molar-refractivity contribution in [3.05, 3.63) is 34.7 Å². The summed E-state index contributed by atoms with van der Waals surface area (Å²) in [5.41, 5.74) is 1.09. The monoisotopic (exact) mass is 433 g/mol. The largest absolute Gasteiger partial charge is 0.469 e. The van der Waals surface area contributed by atoms with Crippen LogP contribution < -0.4 is 10.6 Å². The normalized spacial score (nSPS) is 14.7. The summed E-state index contributed by atoms with van der Waals surface area (Å²) in [4.78, 5) is 44.9. The molecule has 0 radical (unpaired) electrons. The summed E-state index contributed by atoms with van der Waals surface area (Å²) < 4.78 is 5.14. The summed E-state index contributed by atoms with van der Waals surface area (Å²) >= 11 is 1.28. The molecule has 1 aliphatic rings. The van der Waals surface area contributed by atoms with E-state index in [1.54, 1.807) is 23.3 Å². The van der Waals surface area contributed by atoms with Crippen LogP contribution in [0.4, 0.5) is 5.13 Å². The number of hydrogen-bond donors (Lipinski definition) is 2. The van der Waals surface area contributed by atoms with E-state index in [0.29, 0.717) is 54.9 Å². The maximum atomic E-state index is 12.6. The number of furan rings is 1. The molecule has 3 rings (SSSR count). The standard InChI is InChI=1S/C20H27N5O4S/c1-13(2)21-17(26)11-24-5-7-25(8-6-24)18(27)10-15-12-30-20(22-15)23-19(28)16-4-9-29-14(16)3/h4,9,12-13H,5-8,10-11H2,1-3H3,(H,21,26)(H,22,23,28). The predicted molar refractivity (Wildman–Crippen MR) is 114 cm³/mol. The minimum absolute atomic E-state index is 0.00450. The minimum atomic E-state index is -0.286. The Bertz CT molecular complexity index is 899. The molecule has 1 fully saturated rings. The van der Waals surface area contributed by atoms with Crippen molar-refractivity contribution >= 4 is 34.2 Å².